The molecule has 2 heterocycles. The first kappa shape index (κ1) is 21.4. The van der Waals surface area contributed by atoms with Crippen molar-refractivity contribution in [3.8, 4) is 0 Å². The maximum Gasteiger partial charge on any atom is 0.290 e. The van der Waals surface area contributed by atoms with Gasteiger partial charge in [-0.2, -0.15) is 8.78 Å². The van der Waals surface area contributed by atoms with Crippen LogP contribution >= 0.6 is 0 Å². The van der Waals surface area contributed by atoms with Crippen molar-refractivity contribution in [1.29, 1.82) is 0 Å². The van der Waals surface area contributed by atoms with Gasteiger partial charge in [0, 0.05) is 13.5 Å². The highest BCUT2D eigenvalue weighted by Crippen LogP contribution is 2.96. The summed E-state index contributed by atoms with van der Waals surface area (Å²) in [5.41, 5.74) is -0.189. The summed E-state index contributed by atoms with van der Waals surface area (Å²) in [4.78, 5) is 30.5. The fourth-order valence-electron chi connectivity index (χ4n) is 7.69. The van der Waals surface area contributed by atoms with E-state index in [1.54, 1.807) is 0 Å². The van der Waals surface area contributed by atoms with E-state index < -0.39 is 35.7 Å². The van der Waals surface area contributed by atoms with Crippen LogP contribution in [0.15, 0.2) is 10.7 Å². The van der Waals surface area contributed by atoms with Crippen molar-refractivity contribution in [2.24, 2.45) is 34.5 Å². The minimum absolute atomic E-state index is 0.000922. The van der Waals surface area contributed by atoms with E-state index in [1.165, 1.54) is 0 Å². The number of nitrogens with one attached hydrogen (secondary N) is 3. The first-order valence-corrected chi connectivity index (χ1v) is 11.9. The SMILES string of the molecule is CC(F)(F)c1coc(CNC(=O)C2C(C(=O)NC3CCNCC3F)C3C4(CC4)C34CCC24)n1. The number of nitrogens with zero attached hydrogens (tertiary/aromatic N) is 1. The van der Waals surface area contributed by atoms with Crippen molar-refractivity contribution in [3.05, 3.63) is 17.8 Å². The lowest BCUT2D eigenvalue weighted by Gasteiger charge is -2.41. The van der Waals surface area contributed by atoms with E-state index in [0.29, 0.717) is 13.0 Å². The normalized spacial score (nSPS) is 39.9. The Morgan fingerprint density at radius 3 is 2.64 bits per heavy atom. The molecule has 6 rings (SSSR count). The van der Waals surface area contributed by atoms with Gasteiger partial charge in [0.05, 0.1) is 24.4 Å². The quantitative estimate of drug-likeness (QED) is 0.598. The van der Waals surface area contributed by atoms with E-state index in [4.69, 9.17) is 4.42 Å². The lowest BCUT2D eigenvalue weighted by atomic mass is 9.63. The molecule has 3 N–H and O–H groups in total. The summed E-state index contributed by atoms with van der Waals surface area (Å²) in [6, 6.07) is -0.535. The van der Waals surface area contributed by atoms with Gasteiger partial charge >= 0.3 is 0 Å². The van der Waals surface area contributed by atoms with Gasteiger partial charge in [-0.05, 0) is 61.3 Å². The number of oxazole rings is 1. The van der Waals surface area contributed by atoms with Crippen LogP contribution < -0.4 is 16.0 Å². The molecule has 0 bridgehead atoms. The topological polar surface area (TPSA) is 96.3 Å². The monoisotopic (exact) mass is 466 g/mol. The van der Waals surface area contributed by atoms with Crippen LogP contribution in [0.2, 0.25) is 0 Å². The fourth-order valence-corrected chi connectivity index (χ4v) is 7.69. The standard InChI is InChI=1S/C23H29F3N4O3/c1-21(25,26)14-10-33-15(30-14)9-28-19(31)16-11-2-4-23(11)18(22(23)5-6-22)17(16)20(32)29-13-3-7-27-8-12(13)24/h10-13,16-18,27H,2-9H2,1H3,(H,28,31)(H,29,32). The second-order valence-electron chi connectivity index (χ2n) is 10.7. The smallest absolute Gasteiger partial charge is 0.290 e. The Morgan fingerprint density at radius 2 is 2.03 bits per heavy atom. The molecule has 1 aromatic rings. The molecule has 5 fully saturated rings. The largest absolute Gasteiger partial charge is 0.447 e. The lowest BCUT2D eigenvalue weighted by Crippen LogP contribution is -2.54. The Balaban J connectivity index is 1.18. The molecule has 1 saturated heterocycles. The van der Waals surface area contributed by atoms with Gasteiger partial charge in [-0.1, -0.05) is 0 Å². The zero-order valence-electron chi connectivity index (χ0n) is 18.5. The molecule has 2 amide bonds. The Bertz CT molecular complexity index is 990. The van der Waals surface area contributed by atoms with E-state index >= 15 is 0 Å². The van der Waals surface area contributed by atoms with Gasteiger partial charge < -0.3 is 20.4 Å². The molecule has 10 heteroatoms. The highest BCUT2D eigenvalue weighted by Gasteiger charge is 2.93. The predicted molar refractivity (Wildman–Crippen MR) is 110 cm³/mol. The second kappa shape index (κ2) is 6.96. The Kier molecular flexibility index (Phi) is 4.52. The summed E-state index contributed by atoms with van der Waals surface area (Å²) in [5, 5.41) is 8.69. The van der Waals surface area contributed by atoms with Crippen LogP contribution in [0.3, 0.4) is 0 Å². The minimum Gasteiger partial charge on any atom is -0.447 e. The molecule has 0 aromatic carbocycles. The van der Waals surface area contributed by atoms with Crippen molar-refractivity contribution >= 4 is 11.8 Å². The highest BCUT2D eigenvalue weighted by molar-refractivity contribution is 5.91. The number of carbonyl (C=O) groups is 2. The number of hydrogen-bond donors (Lipinski definition) is 3. The lowest BCUT2D eigenvalue weighted by molar-refractivity contribution is -0.138. The molecule has 1 aromatic heterocycles. The van der Waals surface area contributed by atoms with Crippen LogP contribution in [-0.4, -0.2) is 42.1 Å². The average molecular weight is 467 g/mol. The second-order valence-corrected chi connectivity index (χ2v) is 10.7. The van der Waals surface area contributed by atoms with Gasteiger partial charge in [0.25, 0.3) is 5.92 Å². The summed E-state index contributed by atoms with van der Waals surface area (Å²) in [7, 11) is 0. The molecule has 1 aliphatic heterocycles. The molecular formula is C23H29F3N4O3. The molecule has 4 aliphatic carbocycles. The van der Waals surface area contributed by atoms with Gasteiger partial charge in [0.15, 0.2) is 0 Å². The summed E-state index contributed by atoms with van der Waals surface area (Å²) in [6.45, 7) is 1.48. The third-order valence-corrected chi connectivity index (χ3v) is 9.25. The number of fused-ring (bicyclic) bond motifs is 1. The first-order valence-electron chi connectivity index (χ1n) is 11.9. The summed E-state index contributed by atoms with van der Waals surface area (Å²) < 4.78 is 46.3. The van der Waals surface area contributed by atoms with Crippen molar-refractivity contribution in [3.63, 3.8) is 0 Å². The maximum atomic E-state index is 14.4. The molecule has 5 aliphatic rings. The van der Waals surface area contributed by atoms with Crippen LogP contribution in [0.5, 0.6) is 0 Å². The van der Waals surface area contributed by atoms with Gasteiger partial charge in [-0.3, -0.25) is 9.59 Å². The third-order valence-electron chi connectivity index (χ3n) is 9.25. The molecule has 0 radical (unpaired) electrons. The van der Waals surface area contributed by atoms with Crippen LogP contribution in [-0.2, 0) is 22.1 Å². The number of piperidine rings is 1. The van der Waals surface area contributed by atoms with Crippen LogP contribution in [0, 0.1) is 34.5 Å². The Hall–Kier alpha value is -2.10. The number of alkyl halides is 3. The van der Waals surface area contributed by atoms with Crippen molar-refractivity contribution in [1.82, 2.24) is 20.9 Å². The van der Waals surface area contributed by atoms with Crippen LogP contribution in [0.4, 0.5) is 13.2 Å². The average Bonchev–Trinajstić information content (AvgIpc) is 3.54. The van der Waals surface area contributed by atoms with Gasteiger partial charge in [0.2, 0.25) is 17.7 Å². The van der Waals surface area contributed by atoms with E-state index in [2.05, 4.69) is 20.9 Å². The maximum absolute atomic E-state index is 14.4. The molecule has 180 valence electrons. The summed E-state index contributed by atoms with van der Waals surface area (Å²) in [5.74, 6) is -4.23. The van der Waals surface area contributed by atoms with Gasteiger partial charge in [-0.25, -0.2) is 9.37 Å². The minimum atomic E-state index is -3.12. The number of hydrogen-bond acceptors (Lipinski definition) is 5. The number of amides is 2. The van der Waals surface area contributed by atoms with Crippen LogP contribution in [0.25, 0.3) is 0 Å². The van der Waals surface area contributed by atoms with Gasteiger partial charge in [-0.15, -0.1) is 0 Å². The van der Waals surface area contributed by atoms with E-state index in [9.17, 15) is 22.8 Å². The molecule has 4 saturated carbocycles. The molecule has 7 unspecified atom stereocenters. The van der Waals surface area contributed by atoms with E-state index in [0.717, 1.165) is 38.9 Å². The number of rotatable bonds is 6. The summed E-state index contributed by atoms with van der Waals surface area (Å²) >= 11 is 0. The molecule has 33 heavy (non-hydrogen) atoms. The van der Waals surface area contributed by atoms with E-state index in [1.807, 2.05) is 0 Å². The van der Waals surface area contributed by atoms with Crippen molar-refractivity contribution in [2.45, 2.75) is 63.7 Å². The highest BCUT2D eigenvalue weighted by atomic mass is 19.3. The number of carbonyl (C=O) groups excluding carboxylic acids is 2. The number of aromatic nitrogens is 1. The first-order chi connectivity index (χ1) is 15.7. The predicted octanol–water partition coefficient (Wildman–Crippen LogP) is 2.27. The zero-order valence-corrected chi connectivity index (χ0v) is 18.5. The van der Waals surface area contributed by atoms with E-state index in [-0.39, 0.29) is 53.5 Å². The van der Waals surface area contributed by atoms with Crippen molar-refractivity contribution < 1.29 is 27.2 Å². The molecule has 7 atom stereocenters. The Morgan fingerprint density at radius 1 is 1.24 bits per heavy atom. The van der Waals surface area contributed by atoms with Crippen molar-refractivity contribution in [2.75, 3.05) is 13.1 Å². The fraction of sp³-hybridized carbons (Fsp3) is 0.783. The Labute approximate surface area is 189 Å². The number of halogens is 3. The van der Waals surface area contributed by atoms with Crippen LogP contribution in [0.1, 0.15) is 50.6 Å². The molecule has 7 nitrogen and oxygen atoms in total. The molecule has 2 spiro atoms. The van der Waals surface area contributed by atoms with Gasteiger partial charge in [0.1, 0.15) is 18.1 Å². The summed E-state index contributed by atoms with van der Waals surface area (Å²) in [6.07, 6.45) is 4.44. The molecular weight excluding hydrogens is 437 g/mol. The third kappa shape index (κ3) is 2.94. The zero-order chi connectivity index (χ0) is 23.2.